The molecule has 0 aliphatic carbocycles. The zero-order valence-electron chi connectivity index (χ0n) is 16.7. The van der Waals surface area contributed by atoms with Crippen LogP contribution in [0.25, 0.3) is 0 Å². The molecule has 0 aliphatic heterocycles. The molecule has 0 fully saturated rings. The van der Waals surface area contributed by atoms with E-state index in [9.17, 15) is 4.79 Å². The SMILES string of the molecule is COc1ccc(OC)c(C(=O)NC(C)c2cccc(OCc3ccccn3)c2)c1. The lowest BCUT2D eigenvalue weighted by atomic mass is 10.1. The highest BCUT2D eigenvalue weighted by Crippen LogP contribution is 2.25. The first kappa shape index (κ1) is 20.2. The molecule has 0 saturated carbocycles. The van der Waals surface area contributed by atoms with Crippen LogP contribution in [0.1, 0.15) is 34.6 Å². The third-order valence-electron chi connectivity index (χ3n) is 4.47. The van der Waals surface area contributed by atoms with Crippen LogP contribution in [0.4, 0.5) is 0 Å². The summed E-state index contributed by atoms with van der Waals surface area (Å²) in [7, 11) is 3.09. The number of carbonyl (C=O) groups is 1. The van der Waals surface area contributed by atoms with Crippen molar-refractivity contribution in [2.75, 3.05) is 14.2 Å². The van der Waals surface area contributed by atoms with Crippen molar-refractivity contribution in [3.8, 4) is 17.2 Å². The van der Waals surface area contributed by atoms with Crippen LogP contribution in [-0.2, 0) is 6.61 Å². The molecule has 1 N–H and O–H groups in total. The highest BCUT2D eigenvalue weighted by molar-refractivity contribution is 5.97. The summed E-state index contributed by atoms with van der Waals surface area (Å²) in [6, 6.07) is 18.2. The molecule has 3 rings (SSSR count). The number of nitrogens with zero attached hydrogens (tertiary/aromatic N) is 1. The molecule has 1 aromatic heterocycles. The number of ether oxygens (including phenoxy) is 3. The first-order valence-corrected chi connectivity index (χ1v) is 9.26. The lowest BCUT2D eigenvalue weighted by Crippen LogP contribution is -2.27. The lowest BCUT2D eigenvalue weighted by molar-refractivity contribution is 0.0936. The van der Waals surface area contributed by atoms with Gasteiger partial charge in [-0.05, 0) is 55.0 Å². The van der Waals surface area contributed by atoms with Crippen LogP contribution in [0, 0.1) is 0 Å². The van der Waals surface area contributed by atoms with Gasteiger partial charge in [0.1, 0.15) is 23.9 Å². The fourth-order valence-corrected chi connectivity index (χ4v) is 2.86. The Hall–Kier alpha value is -3.54. The van der Waals surface area contributed by atoms with Gasteiger partial charge in [0, 0.05) is 6.20 Å². The summed E-state index contributed by atoms with van der Waals surface area (Å²) in [4.78, 5) is 17.0. The van der Waals surface area contributed by atoms with E-state index in [4.69, 9.17) is 14.2 Å². The Bertz CT molecular complexity index is 960. The minimum absolute atomic E-state index is 0.225. The minimum atomic E-state index is -0.243. The standard InChI is InChI=1S/C23H24N2O4/c1-16(25-23(26)21-14-19(27-2)10-11-22(21)28-3)17-7-6-9-20(13-17)29-15-18-8-4-5-12-24-18/h4-14,16H,15H2,1-3H3,(H,25,26). The van der Waals surface area contributed by atoms with Gasteiger partial charge in [0.25, 0.3) is 5.91 Å². The third kappa shape index (κ3) is 5.25. The van der Waals surface area contributed by atoms with Gasteiger partial charge in [0.2, 0.25) is 0 Å². The summed E-state index contributed by atoms with van der Waals surface area (Å²) < 4.78 is 16.3. The molecular formula is C23H24N2O4. The number of rotatable bonds is 8. The fraction of sp³-hybridized carbons (Fsp3) is 0.217. The minimum Gasteiger partial charge on any atom is -0.497 e. The van der Waals surface area contributed by atoms with Gasteiger partial charge in [-0.1, -0.05) is 18.2 Å². The van der Waals surface area contributed by atoms with Crippen LogP contribution in [0.5, 0.6) is 17.2 Å². The number of nitrogens with one attached hydrogen (secondary N) is 1. The first-order valence-electron chi connectivity index (χ1n) is 9.26. The van der Waals surface area contributed by atoms with Crippen LogP contribution in [0.3, 0.4) is 0 Å². The number of methoxy groups -OCH3 is 2. The molecule has 150 valence electrons. The van der Waals surface area contributed by atoms with Gasteiger partial charge < -0.3 is 19.5 Å². The van der Waals surface area contributed by atoms with Crippen molar-refractivity contribution >= 4 is 5.91 Å². The zero-order chi connectivity index (χ0) is 20.6. The average Bonchev–Trinajstić information content (AvgIpc) is 2.78. The number of carbonyl (C=O) groups excluding carboxylic acids is 1. The van der Waals surface area contributed by atoms with E-state index in [0.717, 1.165) is 11.3 Å². The molecule has 29 heavy (non-hydrogen) atoms. The highest BCUT2D eigenvalue weighted by atomic mass is 16.5. The molecule has 3 aromatic rings. The number of amides is 1. The van der Waals surface area contributed by atoms with Crippen molar-refractivity contribution < 1.29 is 19.0 Å². The van der Waals surface area contributed by atoms with Gasteiger partial charge in [-0.3, -0.25) is 9.78 Å². The first-order chi connectivity index (χ1) is 14.1. The predicted octanol–water partition coefficient (Wildman–Crippen LogP) is 4.17. The Labute approximate surface area is 170 Å². The molecule has 0 aliphatic rings. The summed E-state index contributed by atoms with van der Waals surface area (Å²) in [6.45, 7) is 2.30. The maximum Gasteiger partial charge on any atom is 0.255 e. The normalized spacial score (nSPS) is 11.4. The molecule has 1 heterocycles. The van der Waals surface area contributed by atoms with E-state index in [2.05, 4.69) is 10.3 Å². The third-order valence-corrected chi connectivity index (χ3v) is 4.47. The second-order valence-electron chi connectivity index (χ2n) is 6.44. The fourth-order valence-electron chi connectivity index (χ4n) is 2.86. The molecule has 0 radical (unpaired) electrons. The number of benzene rings is 2. The number of hydrogen-bond acceptors (Lipinski definition) is 5. The maximum absolute atomic E-state index is 12.8. The van der Waals surface area contributed by atoms with Crippen LogP contribution in [-0.4, -0.2) is 25.1 Å². The smallest absolute Gasteiger partial charge is 0.255 e. The number of aromatic nitrogens is 1. The molecule has 0 spiro atoms. The summed E-state index contributed by atoms with van der Waals surface area (Å²) in [5.74, 6) is 1.55. The molecule has 6 nitrogen and oxygen atoms in total. The molecule has 6 heteroatoms. The highest BCUT2D eigenvalue weighted by Gasteiger charge is 2.17. The monoisotopic (exact) mass is 392 g/mol. The Kier molecular flexibility index (Phi) is 6.68. The van der Waals surface area contributed by atoms with Crippen molar-refractivity contribution in [2.45, 2.75) is 19.6 Å². The summed E-state index contributed by atoms with van der Waals surface area (Å²) in [6.07, 6.45) is 1.74. The quantitative estimate of drug-likeness (QED) is 0.623. The van der Waals surface area contributed by atoms with E-state index >= 15 is 0 Å². The molecule has 0 bridgehead atoms. The topological polar surface area (TPSA) is 69.7 Å². The van der Waals surface area contributed by atoms with E-state index in [1.807, 2.05) is 49.4 Å². The summed E-state index contributed by atoms with van der Waals surface area (Å²) >= 11 is 0. The largest absolute Gasteiger partial charge is 0.497 e. The lowest BCUT2D eigenvalue weighted by Gasteiger charge is -2.17. The van der Waals surface area contributed by atoms with Crippen molar-refractivity contribution in [1.29, 1.82) is 0 Å². The molecule has 0 saturated heterocycles. The van der Waals surface area contributed by atoms with E-state index in [-0.39, 0.29) is 11.9 Å². The zero-order valence-corrected chi connectivity index (χ0v) is 16.7. The molecule has 1 unspecified atom stereocenters. The number of pyridine rings is 1. The molecular weight excluding hydrogens is 368 g/mol. The molecule has 1 atom stereocenters. The van der Waals surface area contributed by atoms with E-state index in [0.29, 0.717) is 29.4 Å². The van der Waals surface area contributed by atoms with Crippen LogP contribution in [0.2, 0.25) is 0 Å². The van der Waals surface area contributed by atoms with E-state index < -0.39 is 0 Å². The predicted molar refractivity (Wildman–Crippen MR) is 110 cm³/mol. The van der Waals surface area contributed by atoms with Crippen LogP contribution < -0.4 is 19.5 Å². The van der Waals surface area contributed by atoms with Gasteiger partial charge in [-0.25, -0.2) is 0 Å². The second-order valence-corrected chi connectivity index (χ2v) is 6.44. The Morgan fingerprint density at radius 2 is 1.86 bits per heavy atom. The van der Waals surface area contributed by atoms with E-state index in [1.165, 1.54) is 7.11 Å². The van der Waals surface area contributed by atoms with Gasteiger partial charge >= 0.3 is 0 Å². The van der Waals surface area contributed by atoms with Crippen molar-refractivity contribution in [3.63, 3.8) is 0 Å². The molecule has 1 amide bonds. The Balaban J connectivity index is 1.69. The Morgan fingerprint density at radius 1 is 1.00 bits per heavy atom. The second kappa shape index (κ2) is 9.59. The average molecular weight is 392 g/mol. The van der Waals surface area contributed by atoms with Crippen LogP contribution >= 0.6 is 0 Å². The molecule has 2 aromatic carbocycles. The van der Waals surface area contributed by atoms with Gasteiger partial charge in [0.05, 0.1) is 31.5 Å². The van der Waals surface area contributed by atoms with E-state index in [1.54, 1.807) is 31.5 Å². The maximum atomic E-state index is 12.8. The van der Waals surface area contributed by atoms with Gasteiger partial charge in [-0.15, -0.1) is 0 Å². The van der Waals surface area contributed by atoms with Gasteiger partial charge in [0.15, 0.2) is 0 Å². The van der Waals surface area contributed by atoms with Crippen molar-refractivity contribution in [3.05, 3.63) is 83.7 Å². The van der Waals surface area contributed by atoms with Crippen LogP contribution in [0.15, 0.2) is 66.9 Å². The van der Waals surface area contributed by atoms with Crippen molar-refractivity contribution in [2.24, 2.45) is 0 Å². The summed E-state index contributed by atoms with van der Waals surface area (Å²) in [5, 5.41) is 3.00. The number of hydrogen-bond donors (Lipinski definition) is 1. The summed E-state index contributed by atoms with van der Waals surface area (Å²) in [5.41, 5.74) is 2.20. The Morgan fingerprint density at radius 3 is 2.59 bits per heavy atom. The van der Waals surface area contributed by atoms with Crippen molar-refractivity contribution in [1.82, 2.24) is 10.3 Å². The van der Waals surface area contributed by atoms with Gasteiger partial charge in [-0.2, -0.15) is 0 Å².